The molecule has 0 saturated carbocycles. The Kier molecular flexibility index (Phi) is 12.7. The summed E-state index contributed by atoms with van der Waals surface area (Å²) in [7, 11) is -3.00. The Morgan fingerprint density at radius 1 is 1.00 bits per heavy atom. The van der Waals surface area contributed by atoms with Crippen molar-refractivity contribution in [1.82, 2.24) is 25.1 Å². The van der Waals surface area contributed by atoms with Gasteiger partial charge in [0.2, 0.25) is 9.84 Å². The third-order valence-corrected chi connectivity index (χ3v) is 14.3. The average molecular weight is 690 g/mol. The lowest BCUT2D eigenvalue weighted by Crippen LogP contribution is -2.53. The maximum atomic E-state index is 13.6. The third-order valence-electron chi connectivity index (χ3n) is 8.19. The van der Waals surface area contributed by atoms with Gasteiger partial charge in [-0.3, -0.25) is 0 Å². The van der Waals surface area contributed by atoms with Gasteiger partial charge in [0.15, 0.2) is 15.1 Å². The zero-order chi connectivity index (χ0) is 35.0. The van der Waals surface area contributed by atoms with E-state index in [4.69, 9.17) is 18.6 Å². The summed E-state index contributed by atoms with van der Waals surface area (Å²) >= 11 is 0. The van der Waals surface area contributed by atoms with Gasteiger partial charge in [0.05, 0.1) is 23.6 Å². The van der Waals surface area contributed by atoms with Gasteiger partial charge in [-0.15, -0.1) is 0 Å². The number of sulfone groups is 1. The molecule has 1 heterocycles. The first-order valence-corrected chi connectivity index (χ1v) is 20.3. The fraction of sp³-hybridized carbons (Fsp3) is 0.576. The predicted molar refractivity (Wildman–Crippen MR) is 183 cm³/mol. The highest BCUT2D eigenvalue weighted by molar-refractivity contribution is 7.91. The van der Waals surface area contributed by atoms with Crippen molar-refractivity contribution in [3.8, 4) is 11.4 Å². The van der Waals surface area contributed by atoms with E-state index in [0.29, 0.717) is 24.3 Å². The van der Waals surface area contributed by atoms with Crippen LogP contribution >= 0.6 is 0 Å². The van der Waals surface area contributed by atoms with Crippen molar-refractivity contribution < 1.29 is 31.8 Å². The molecule has 0 N–H and O–H groups in total. The highest BCUT2D eigenvalue weighted by Gasteiger charge is 2.42. The SMILES string of the molecule is COCOc1ccc(C[C@H]([C@@H](CCCS(=O)(=O)c2nnnn2-c2ccccc2)O[Si](C)(C)C(C)(C)C)N(C)C(=O)OC(C)(C)C)cc1. The van der Waals surface area contributed by atoms with Crippen LogP contribution in [0.4, 0.5) is 4.79 Å². The topological polar surface area (TPSA) is 135 Å². The van der Waals surface area contributed by atoms with Crippen molar-refractivity contribution in [3.05, 3.63) is 60.2 Å². The Morgan fingerprint density at radius 2 is 1.64 bits per heavy atom. The van der Waals surface area contributed by atoms with E-state index in [1.54, 1.807) is 43.3 Å². The predicted octanol–water partition coefficient (Wildman–Crippen LogP) is 6.07. The number of tetrazole rings is 1. The molecule has 0 saturated heterocycles. The second-order valence-electron chi connectivity index (χ2n) is 14.1. The minimum atomic E-state index is -3.87. The van der Waals surface area contributed by atoms with E-state index < -0.39 is 42.0 Å². The quantitative estimate of drug-likeness (QED) is 0.137. The number of hydrogen-bond donors (Lipinski definition) is 0. The van der Waals surface area contributed by atoms with Gasteiger partial charge in [-0.1, -0.05) is 56.2 Å². The molecule has 0 aliphatic rings. The van der Waals surface area contributed by atoms with Gasteiger partial charge in [-0.05, 0) is 98.4 Å². The molecule has 2 aromatic carbocycles. The molecule has 3 aromatic rings. The standard InChI is InChI=1S/C33H51N5O7SSi/c1-32(2,3)44-31(39)37(7)28(23-25-18-20-27(21-19-25)43-24-42-8)29(45-47(9,10)33(4,5)6)17-14-22-46(40,41)30-34-35-36-38(30)26-15-12-11-13-16-26/h11-13,15-16,18-21,28-29H,14,17,22-24H2,1-10H3/t28-,29-/m1/s1. The van der Waals surface area contributed by atoms with Crippen molar-refractivity contribution in [2.24, 2.45) is 0 Å². The Hall–Kier alpha value is -3.33. The highest BCUT2D eigenvalue weighted by atomic mass is 32.2. The summed E-state index contributed by atoms with van der Waals surface area (Å²) in [5.41, 5.74) is 0.796. The number of nitrogens with zero attached hydrogens (tertiary/aromatic N) is 5. The molecule has 0 radical (unpaired) electrons. The Balaban J connectivity index is 1.95. The summed E-state index contributed by atoms with van der Waals surface area (Å²) in [6.45, 7) is 16.3. The number of ether oxygens (including phenoxy) is 3. The number of carbonyl (C=O) groups excluding carboxylic acids is 1. The van der Waals surface area contributed by atoms with Gasteiger partial charge in [-0.25, -0.2) is 13.2 Å². The van der Waals surface area contributed by atoms with Crippen LogP contribution in [-0.4, -0.2) is 92.4 Å². The Labute approximate surface area is 280 Å². The summed E-state index contributed by atoms with van der Waals surface area (Å²) in [5.74, 6) is 0.455. The van der Waals surface area contributed by atoms with E-state index in [9.17, 15) is 13.2 Å². The van der Waals surface area contributed by atoms with E-state index in [1.807, 2.05) is 51.1 Å². The van der Waals surface area contributed by atoms with Gasteiger partial charge in [0, 0.05) is 14.2 Å². The second-order valence-corrected chi connectivity index (χ2v) is 20.9. The number of amides is 1. The first-order valence-electron chi connectivity index (χ1n) is 15.8. The zero-order valence-electron chi connectivity index (χ0n) is 29.4. The molecule has 47 heavy (non-hydrogen) atoms. The molecule has 0 aliphatic carbocycles. The van der Waals surface area contributed by atoms with Crippen molar-refractivity contribution in [3.63, 3.8) is 0 Å². The largest absolute Gasteiger partial charge is 0.468 e. The van der Waals surface area contributed by atoms with Crippen LogP contribution in [0.2, 0.25) is 18.1 Å². The molecule has 3 rings (SSSR count). The molecule has 12 nitrogen and oxygen atoms in total. The molecule has 2 atom stereocenters. The van der Waals surface area contributed by atoms with Crippen LogP contribution < -0.4 is 4.74 Å². The number of aromatic nitrogens is 4. The maximum Gasteiger partial charge on any atom is 0.410 e. The van der Waals surface area contributed by atoms with E-state index in [-0.39, 0.29) is 29.2 Å². The smallest absolute Gasteiger partial charge is 0.410 e. The molecular weight excluding hydrogens is 639 g/mol. The van der Waals surface area contributed by atoms with Crippen LogP contribution in [0.15, 0.2) is 59.8 Å². The van der Waals surface area contributed by atoms with Crippen LogP contribution in [0.25, 0.3) is 5.69 Å². The van der Waals surface area contributed by atoms with Gasteiger partial charge >= 0.3 is 6.09 Å². The minimum Gasteiger partial charge on any atom is -0.468 e. The summed E-state index contributed by atoms with van der Waals surface area (Å²) in [6, 6.07) is 16.0. The van der Waals surface area contributed by atoms with Crippen LogP contribution in [0, 0.1) is 0 Å². The zero-order valence-corrected chi connectivity index (χ0v) is 31.2. The van der Waals surface area contributed by atoms with E-state index in [2.05, 4.69) is 49.4 Å². The van der Waals surface area contributed by atoms with Crippen molar-refractivity contribution in [1.29, 1.82) is 0 Å². The lowest BCUT2D eigenvalue weighted by Gasteiger charge is -2.43. The van der Waals surface area contributed by atoms with E-state index >= 15 is 0 Å². The van der Waals surface area contributed by atoms with Crippen molar-refractivity contribution in [2.75, 3.05) is 26.7 Å². The van der Waals surface area contributed by atoms with Crippen LogP contribution in [0.1, 0.15) is 59.9 Å². The number of rotatable bonds is 15. The molecule has 0 aliphatic heterocycles. The van der Waals surface area contributed by atoms with Gasteiger partial charge in [-0.2, -0.15) is 4.68 Å². The first kappa shape index (κ1) is 38.1. The third kappa shape index (κ3) is 10.8. The number of likely N-dealkylation sites (N-methyl/N-ethyl adjacent to an activating group) is 1. The fourth-order valence-corrected chi connectivity index (χ4v) is 7.31. The first-order chi connectivity index (χ1) is 21.8. The molecule has 14 heteroatoms. The number of carbonyl (C=O) groups is 1. The number of benzene rings is 2. The lowest BCUT2D eigenvalue weighted by molar-refractivity contribution is 0.00295. The maximum absolute atomic E-state index is 13.6. The lowest BCUT2D eigenvalue weighted by atomic mass is 9.97. The average Bonchev–Trinajstić information content (AvgIpc) is 3.49. The van der Waals surface area contributed by atoms with E-state index in [1.165, 1.54) is 4.68 Å². The molecular formula is C33H51N5O7SSi. The number of hydrogen-bond acceptors (Lipinski definition) is 10. The summed E-state index contributed by atoms with van der Waals surface area (Å²) in [6.07, 6.45) is 0.0784. The number of para-hydroxylation sites is 1. The van der Waals surface area contributed by atoms with E-state index in [0.717, 1.165) is 5.56 Å². The molecule has 0 bridgehead atoms. The monoisotopic (exact) mass is 689 g/mol. The summed E-state index contributed by atoms with van der Waals surface area (Å²) < 4.78 is 51.8. The van der Waals surface area contributed by atoms with Crippen molar-refractivity contribution >= 4 is 24.2 Å². The molecule has 0 fully saturated rings. The minimum absolute atomic E-state index is 0.131. The van der Waals surface area contributed by atoms with Crippen LogP contribution in [-0.2, 0) is 30.2 Å². The molecule has 260 valence electrons. The Morgan fingerprint density at radius 3 is 2.21 bits per heavy atom. The van der Waals surface area contributed by atoms with Crippen molar-refractivity contribution in [2.45, 2.75) is 102 Å². The molecule has 1 aromatic heterocycles. The highest BCUT2D eigenvalue weighted by Crippen LogP contribution is 2.39. The van der Waals surface area contributed by atoms with Crippen LogP contribution in [0.3, 0.4) is 0 Å². The second kappa shape index (κ2) is 15.7. The number of methoxy groups -OCH3 is 1. The van der Waals surface area contributed by atoms with Crippen LogP contribution in [0.5, 0.6) is 5.75 Å². The molecule has 0 unspecified atom stereocenters. The van der Waals surface area contributed by atoms with Gasteiger partial charge in [0.25, 0.3) is 5.16 Å². The fourth-order valence-electron chi connectivity index (χ4n) is 4.63. The molecule has 0 spiro atoms. The summed E-state index contributed by atoms with van der Waals surface area (Å²) in [5, 5.41) is 11.1. The summed E-state index contributed by atoms with van der Waals surface area (Å²) in [4.78, 5) is 15.1. The molecule has 1 amide bonds. The van der Waals surface area contributed by atoms with Gasteiger partial charge in [0.1, 0.15) is 11.4 Å². The Bertz CT molecular complexity index is 1540. The normalized spacial score (nSPS) is 14.0. The van der Waals surface area contributed by atoms with Gasteiger partial charge < -0.3 is 23.5 Å².